The molecule has 0 unspecified atom stereocenters. The molecule has 0 atom stereocenters. The van der Waals surface area contributed by atoms with Crippen LogP contribution in [0.3, 0.4) is 0 Å². The van der Waals surface area contributed by atoms with Crippen molar-refractivity contribution in [1.82, 2.24) is 4.72 Å². The van der Waals surface area contributed by atoms with E-state index in [0.29, 0.717) is 18.0 Å². The molecule has 0 heterocycles. The molecule has 1 aromatic rings. The number of rotatable bonds is 6. The third-order valence-corrected chi connectivity index (χ3v) is 4.62. The standard InChI is InChI=1S/C15H22N2O2S/c1-3-13(4-2)12-17-20(18,19)15-9-5-7-14(11-15)8-6-10-16/h5,7,9,11,13,17H,3-4,10,12,16H2,1-2H3. The normalized spacial score (nSPS) is 11.2. The van der Waals surface area contributed by atoms with Crippen LogP contribution in [0.2, 0.25) is 0 Å². The van der Waals surface area contributed by atoms with Crippen molar-refractivity contribution < 1.29 is 8.42 Å². The summed E-state index contributed by atoms with van der Waals surface area (Å²) in [6.45, 7) is 4.84. The highest BCUT2D eigenvalue weighted by Gasteiger charge is 2.15. The van der Waals surface area contributed by atoms with Crippen LogP contribution in [0.25, 0.3) is 0 Å². The van der Waals surface area contributed by atoms with E-state index in [-0.39, 0.29) is 11.4 Å². The highest BCUT2D eigenvalue weighted by molar-refractivity contribution is 7.89. The van der Waals surface area contributed by atoms with E-state index in [1.807, 2.05) is 0 Å². The molecule has 20 heavy (non-hydrogen) atoms. The molecule has 0 spiro atoms. The van der Waals surface area contributed by atoms with Crippen molar-refractivity contribution in [1.29, 1.82) is 0 Å². The molecule has 0 aliphatic rings. The molecule has 0 saturated heterocycles. The molecular weight excluding hydrogens is 272 g/mol. The molecule has 0 aromatic heterocycles. The van der Waals surface area contributed by atoms with Gasteiger partial charge < -0.3 is 5.73 Å². The Kier molecular flexibility index (Phi) is 6.73. The van der Waals surface area contributed by atoms with Gasteiger partial charge in [-0.2, -0.15) is 0 Å². The minimum atomic E-state index is -3.47. The summed E-state index contributed by atoms with van der Waals surface area (Å²) in [6, 6.07) is 6.59. The van der Waals surface area contributed by atoms with Gasteiger partial charge >= 0.3 is 0 Å². The Balaban J connectivity index is 2.87. The SMILES string of the molecule is CCC(CC)CNS(=O)(=O)c1cccc(C#CCN)c1. The maximum atomic E-state index is 12.2. The topological polar surface area (TPSA) is 72.2 Å². The minimum Gasteiger partial charge on any atom is -0.320 e. The van der Waals surface area contributed by atoms with Crippen LogP contribution in [0.1, 0.15) is 32.3 Å². The Bertz CT molecular complexity index is 581. The smallest absolute Gasteiger partial charge is 0.240 e. The molecular formula is C15H22N2O2S. The average Bonchev–Trinajstić information content (AvgIpc) is 2.46. The van der Waals surface area contributed by atoms with Crippen molar-refractivity contribution in [3.05, 3.63) is 29.8 Å². The van der Waals surface area contributed by atoms with E-state index in [1.165, 1.54) is 0 Å². The molecule has 0 bridgehead atoms. The predicted octanol–water partition coefficient (Wildman–Crippen LogP) is 1.71. The zero-order valence-corrected chi connectivity index (χ0v) is 12.8. The van der Waals surface area contributed by atoms with Gasteiger partial charge in [-0.05, 0) is 24.1 Å². The maximum Gasteiger partial charge on any atom is 0.240 e. The lowest BCUT2D eigenvalue weighted by Gasteiger charge is -2.13. The monoisotopic (exact) mass is 294 g/mol. The Morgan fingerprint density at radius 1 is 1.30 bits per heavy atom. The lowest BCUT2D eigenvalue weighted by Crippen LogP contribution is -2.29. The molecule has 0 aliphatic heterocycles. The second kappa shape index (κ2) is 8.05. The van der Waals surface area contributed by atoms with Crippen LogP contribution in [0.15, 0.2) is 29.2 Å². The van der Waals surface area contributed by atoms with Crippen molar-refractivity contribution in [3.8, 4) is 11.8 Å². The number of hydrogen-bond donors (Lipinski definition) is 2. The molecule has 0 radical (unpaired) electrons. The van der Waals surface area contributed by atoms with Gasteiger partial charge in [-0.25, -0.2) is 13.1 Å². The second-order valence-corrected chi connectivity index (χ2v) is 6.34. The van der Waals surface area contributed by atoms with Crippen LogP contribution in [-0.2, 0) is 10.0 Å². The first kappa shape index (κ1) is 16.7. The van der Waals surface area contributed by atoms with Gasteiger partial charge in [0.25, 0.3) is 0 Å². The summed E-state index contributed by atoms with van der Waals surface area (Å²) in [5.74, 6) is 5.92. The fraction of sp³-hybridized carbons (Fsp3) is 0.467. The van der Waals surface area contributed by atoms with E-state index >= 15 is 0 Å². The molecule has 1 aromatic carbocycles. The van der Waals surface area contributed by atoms with Gasteiger partial charge in [-0.15, -0.1) is 0 Å². The largest absolute Gasteiger partial charge is 0.320 e. The second-order valence-electron chi connectivity index (χ2n) is 4.57. The van der Waals surface area contributed by atoms with Gasteiger partial charge in [0.2, 0.25) is 10.0 Å². The Hall–Kier alpha value is -1.35. The van der Waals surface area contributed by atoms with Crippen LogP contribution in [0.4, 0.5) is 0 Å². The van der Waals surface area contributed by atoms with Gasteiger partial charge in [-0.1, -0.05) is 44.6 Å². The lowest BCUT2D eigenvalue weighted by molar-refractivity contribution is 0.479. The first-order chi connectivity index (χ1) is 9.53. The zero-order chi connectivity index (χ0) is 15.0. The van der Waals surface area contributed by atoms with E-state index < -0.39 is 10.0 Å². The quantitative estimate of drug-likeness (QED) is 0.785. The van der Waals surface area contributed by atoms with E-state index in [4.69, 9.17) is 5.73 Å². The number of hydrogen-bond acceptors (Lipinski definition) is 3. The molecule has 0 aliphatic carbocycles. The summed E-state index contributed by atoms with van der Waals surface area (Å²) in [6.07, 6.45) is 1.92. The zero-order valence-electron chi connectivity index (χ0n) is 12.0. The maximum absolute atomic E-state index is 12.2. The Labute approximate surface area is 121 Å². The molecule has 0 saturated carbocycles. The van der Waals surface area contributed by atoms with Crippen LogP contribution in [-0.4, -0.2) is 21.5 Å². The highest BCUT2D eigenvalue weighted by atomic mass is 32.2. The van der Waals surface area contributed by atoms with Crippen molar-refractivity contribution in [2.45, 2.75) is 31.6 Å². The van der Waals surface area contributed by atoms with Gasteiger partial charge in [0.15, 0.2) is 0 Å². The number of benzene rings is 1. The van der Waals surface area contributed by atoms with Crippen LogP contribution >= 0.6 is 0 Å². The first-order valence-corrected chi connectivity index (χ1v) is 8.30. The summed E-state index contributed by atoms with van der Waals surface area (Å²) < 4.78 is 27.1. The lowest BCUT2D eigenvalue weighted by atomic mass is 10.0. The third kappa shape index (κ3) is 4.97. The van der Waals surface area contributed by atoms with Crippen LogP contribution in [0.5, 0.6) is 0 Å². The van der Waals surface area contributed by atoms with E-state index in [0.717, 1.165) is 12.8 Å². The van der Waals surface area contributed by atoms with Crippen LogP contribution in [0, 0.1) is 17.8 Å². The number of nitrogens with one attached hydrogen (secondary N) is 1. The number of sulfonamides is 1. The summed E-state index contributed by atoms with van der Waals surface area (Å²) >= 11 is 0. The summed E-state index contributed by atoms with van der Waals surface area (Å²) in [7, 11) is -3.47. The fourth-order valence-electron chi connectivity index (χ4n) is 1.78. The van der Waals surface area contributed by atoms with Gasteiger partial charge in [0.1, 0.15) is 0 Å². The molecule has 0 amide bonds. The Morgan fingerprint density at radius 3 is 2.60 bits per heavy atom. The summed E-state index contributed by atoms with van der Waals surface area (Å²) in [5.41, 5.74) is 5.96. The van der Waals surface area contributed by atoms with E-state index in [2.05, 4.69) is 30.4 Å². The molecule has 3 N–H and O–H groups in total. The average molecular weight is 294 g/mol. The summed E-state index contributed by atoms with van der Waals surface area (Å²) in [5, 5.41) is 0. The fourth-order valence-corrected chi connectivity index (χ4v) is 2.94. The Morgan fingerprint density at radius 2 is 2.00 bits per heavy atom. The molecule has 1 rings (SSSR count). The first-order valence-electron chi connectivity index (χ1n) is 6.82. The predicted molar refractivity (Wildman–Crippen MR) is 81.6 cm³/mol. The van der Waals surface area contributed by atoms with Crippen molar-refractivity contribution in [2.75, 3.05) is 13.1 Å². The van der Waals surface area contributed by atoms with Crippen molar-refractivity contribution in [3.63, 3.8) is 0 Å². The minimum absolute atomic E-state index is 0.243. The molecule has 4 nitrogen and oxygen atoms in total. The van der Waals surface area contributed by atoms with Gasteiger partial charge in [-0.3, -0.25) is 0 Å². The number of nitrogens with two attached hydrogens (primary N) is 1. The van der Waals surface area contributed by atoms with E-state index in [1.54, 1.807) is 24.3 Å². The molecule has 0 fully saturated rings. The van der Waals surface area contributed by atoms with Crippen molar-refractivity contribution >= 4 is 10.0 Å². The van der Waals surface area contributed by atoms with Crippen LogP contribution < -0.4 is 10.5 Å². The molecule has 5 heteroatoms. The van der Waals surface area contributed by atoms with Crippen molar-refractivity contribution in [2.24, 2.45) is 11.7 Å². The highest BCUT2D eigenvalue weighted by Crippen LogP contribution is 2.12. The third-order valence-electron chi connectivity index (χ3n) is 3.20. The van der Waals surface area contributed by atoms with Gasteiger partial charge in [0, 0.05) is 12.1 Å². The molecule has 110 valence electrons. The summed E-state index contributed by atoms with van der Waals surface area (Å²) in [4.78, 5) is 0.243. The van der Waals surface area contributed by atoms with E-state index in [9.17, 15) is 8.42 Å². The van der Waals surface area contributed by atoms with Gasteiger partial charge in [0.05, 0.1) is 11.4 Å².